The molecule has 0 atom stereocenters. The van der Waals surface area contributed by atoms with Crippen molar-refractivity contribution in [3.8, 4) is 11.3 Å². The Bertz CT molecular complexity index is 1580. The predicted octanol–water partition coefficient (Wildman–Crippen LogP) is 3.46. The number of aliphatic carboxylic acids is 1. The van der Waals surface area contributed by atoms with Crippen LogP contribution in [0.5, 0.6) is 0 Å². The first kappa shape index (κ1) is 26.1. The van der Waals surface area contributed by atoms with Gasteiger partial charge in [0.05, 0.1) is 17.1 Å². The maximum Gasteiger partial charge on any atom is 0.320 e. The number of thiazole rings is 1. The van der Waals surface area contributed by atoms with Crippen LogP contribution >= 0.6 is 11.3 Å². The largest absolute Gasteiger partial charge is 0.480 e. The van der Waals surface area contributed by atoms with Gasteiger partial charge in [0.1, 0.15) is 17.3 Å². The molecule has 0 amide bonds. The van der Waals surface area contributed by atoms with E-state index in [-0.39, 0.29) is 18.9 Å². The standard InChI is InChI=1S/C25H27FN6O4S2/c1-3-20-24(29(2)25-28-21(15-37-25)17-4-6-18(26)7-5-17)32-14-19(8-9-22(32)27-20)30-10-12-31(13-11-30)38(35,36)16-23(33)34/h4-9,14-15H,3,10-13,16H2,1-2H3,(H,33,34). The predicted molar refractivity (Wildman–Crippen MR) is 145 cm³/mol. The van der Waals surface area contributed by atoms with E-state index in [0.717, 1.165) is 39.2 Å². The molecule has 3 aromatic heterocycles. The third-order valence-electron chi connectivity index (χ3n) is 6.52. The van der Waals surface area contributed by atoms with Gasteiger partial charge in [0.25, 0.3) is 0 Å². The first-order chi connectivity index (χ1) is 18.2. The molecule has 1 aromatic carbocycles. The van der Waals surface area contributed by atoms with Crippen molar-refractivity contribution in [2.75, 3.05) is 48.8 Å². The van der Waals surface area contributed by atoms with Crippen molar-refractivity contribution in [2.24, 2.45) is 0 Å². The lowest BCUT2D eigenvalue weighted by Gasteiger charge is -2.35. The summed E-state index contributed by atoms with van der Waals surface area (Å²) in [6, 6.07) is 10.1. The molecule has 38 heavy (non-hydrogen) atoms. The number of nitrogens with zero attached hydrogens (tertiary/aromatic N) is 6. The highest BCUT2D eigenvalue weighted by Gasteiger charge is 2.29. The minimum Gasteiger partial charge on any atom is -0.480 e. The number of rotatable bonds is 8. The first-order valence-electron chi connectivity index (χ1n) is 12.1. The molecule has 0 radical (unpaired) electrons. The summed E-state index contributed by atoms with van der Waals surface area (Å²) in [6.45, 7) is 3.37. The molecule has 4 heterocycles. The number of benzene rings is 1. The van der Waals surface area contributed by atoms with Crippen LogP contribution in [0.4, 0.5) is 21.0 Å². The molecule has 0 bridgehead atoms. The molecular weight excluding hydrogens is 531 g/mol. The van der Waals surface area contributed by atoms with Crippen LogP contribution in [0.15, 0.2) is 48.0 Å². The fraction of sp³-hybridized carbons (Fsp3) is 0.320. The average molecular weight is 559 g/mol. The van der Waals surface area contributed by atoms with E-state index < -0.39 is 21.7 Å². The molecule has 10 nitrogen and oxygen atoms in total. The number of hydrogen-bond acceptors (Lipinski definition) is 8. The van der Waals surface area contributed by atoms with Crippen LogP contribution in [0.2, 0.25) is 0 Å². The van der Waals surface area contributed by atoms with Crippen LogP contribution in [0, 0.1) is 5.82 Å². The molecule has 13 heteroatoms. The first-order valence-corrected chi connectivity index (χ1v) is 14.6. The minimum atomic E-state index is -3.83. The van der Waals surface area contributed by atoms with Crippen LogP contribution < -0.4 is 9.80 Å². The third kappa shape index (κ3) is 5.08. The van der Waals surface area contributed by atoms with Gasteiger partial charge in [-0.05, 0) is 42.8 Å². The van der Waals surface area contributed by atoms with E-state index in [1.165, 1.54) is 27.8 Å². The zero-order chi connectivity index (χ0) is 27.0. The molecule has 1 saturated heterocycles. The van der Waals surface area contributed by atoms with Crippen molar-refractivity contribution in [1.82, 2.24) is 18.7 Å². The molecule has 200 valence electrons. The summed E-state index contributed by atoms with van der Waals surface area (Å²) in [4.78, 5) is 24.6. The normalized spacial score (nSPS) is 14.8. The lowest BCUT2D eigenvalue weighted by atomic mass is 10.2. The lowest BCUT2D eigenvalue weighted by Crippen LogP contribution is -2.50. The SMILES string of the molecule is CCc1nc2ccc(N3CCN(S(=O)(=O)CC(=O)O)CC3)cn2c1N(C)c1nc(-c2ccc(F)cc2)cs1. The molecule has 0 unspecified atom stereocenters. The number of imidazole rings is 1. The number of carboxylic acid groups (broad SMARTS) is 1. The molecule has 1 fully saturated rings. The monoisotopic (exact) mass is 558 g/mol. The maximum atomic E-state index is 13.3. The summed E-state index contributed by atoms with van der Waals surface area (Å²) in [6.07, 6.45) is 2.70. The summed E-state index contributed by atoms with van der Waals surface area (Å²) < 4.78 is 41.2. The Hall–Kier alpha value is -3.55. The number of sulfonamides is 1. The summed E-state index contributed by atoms with van der Waals surface area (Å²) in [5.41, 5.74) is 4.20. The Morgan fingerprint density at radius 1 is 1.11 bits per heavy atom. The molecule has 1 aliphatic rings. The highest BCUT2D eigenvalue weighted by atomic mass is 32.2. The number of carbonyl (C=O) groups is 1. The number of piperazine rings is 1. The van der Waals surface area contributed by atoms with E-state index in [9.17, 15) is 17.6 Å². The number of halogens is 1. The van der Waals surface area contributed by atoms with E-state index in [1.54, 1.807) is 12.1 Å². The molecule has 0 spiro atoms. The van der Waals surface area contributed by atoms with E-state index in [4.69, 9.17) is 15.1 Å². The van der Waals surface area contributed by atoms with Gasteiger partial charge in [0.15, 0.2) is 10.9 Å². The van der Waals surface area contributed by atoms with Crippen molar-refractivity contribution in [3.05, 3.63) is 59.5 Å². The average Bonchev–Trinajstić information content (AvgIpc) is 3.53. The van der Waals surface area contributed by atoms with Gasteiger partial charge in [-0.2, -0.15) is 4.31 Å². The highest BCUT2D eigenvalue weighted by Crippen LogP contribution is 2.34. The molecular formula is C25H27FN6O4S2. The second-order valence-electron chi connectivity index (χ2n) is 8.97. The molecule has 0 aliphatic carbocycles. The van der Waals surface area contributed by atoms with Gasteiger partial charge in [-0.25, -0.2) is 22.8 Å². The molecule has 0 saturated carbocycles. The molecule has 5 rings (SSSR count). The smallest absolute Gasteiger partial charge is 0.320 e. The van der Waals surface area contributed by atoms with Crippen LogP contribution in [-0.4, -0.2) is 77.1 Å². The zero-order valence-electron chi connectivity index (χ0n) is 20.9. The number of anilines is 3. The summed E-state index contributed by atoms with van der Waals surface area (Å²) in [5.74, 6) is -1.67. The van der Waals surface area contributed by atoms with Crippen LogP contribution in [-0.2, 0) is 21.2 Å². The van der Waals surface area contributed by atoms with E-state index in [2.05, 4.69) is 4.90 Å². The van der Waals surface area contributed by atoms with Gasteiger partial charge in [-0.3, -0.25) is 9.20 Å². The minimum absolute atomic E-state index is 0.218. The quantitative estimate of drug-likeness (QED) is 0.350. The van der Waals surface area contributed by atoms with Gasteiger partial charge in [-0.1, -0.05) is 6.92 Å². The van der Waals surface area contributed by atoms with Crippen molar-refractivity contribution in [2.45, 2.75) is 13.3 Å². The molecule has 4 aromatic rings. The van der Waals surface area contributed by atoms with Crippen molar-refractivity contribution in [1.29, 1.82) is 0 Å². The van der Waals surface area contributed by atoms with Gasteiger partial charge in [-0.15, -0.1) is 11.3 Å². The van der Waals surface area contributed by atoms with Crippen molar-refractivity contribution < 1.29 is 22.7 Å². The van der Waals surface area contributed by atoms with Crippen LogP contribution in [0.3, 0.4) is 0 Å². The Kier molecular flexibility index (Phi) is 7.07. The number of hydrogen-bond donors (Lipinski definition) is 1. The van der Waals surface area contributed by atoms with Crippen LogP contribution in [0.25, 0.3) is 16.9 Å². The van der Waals surface area contributed by atoms with Gasteiger partial charge >= 0.3 is 5.97 Å². The summed E-state index contributed by atoms with van der Waals surface area (Å²) in [5, 5.41) is 11.6. The van der Waals surface area contributed by atoms with Gasteiger partial charge in [0.2, 0.25) is 10.0 Å². The number of carboxylic acids is 1. The number of aryl methyl sites for hydroxylation is 1. The van der Waals surface area contributed by atoms with Gasteiger partial charge < -0.3 is 14.9 Å². The second kappa shape index (κ2) is 10.3. The Morgan fingerprint density at radius 2 is 1.82 bits per heavy atom. The number of fused-ring (bicyclic) bond motifs is 1. The topological polar surface area (TPSA) is 111 Å². The van der Waals surface area contributed by atoms with Crippen molar-refractivity contribution >= 4 is 49.6 Å². The Balaban J connectivity index is 1.41. The Labute approximate surface area is 223 Å². The fourth-order valence-electron chi connectivity index (χ4n) is 4.58. The van der Waals surface area contributed by atoms with E-state index in [1.807, 2.05) is 47.0 Å². The fourth-order valence-corrected chi connectivity index (χ4v) is 6.60. The van der Waals surface area contributed by atoms with Crippen molar-refractivity contribution in [3.63, 3.8) is 0 Å². The van der Waals surface area contributed by atoms with E-state index >= 15 is 0 Å². The second-order valence-corrected chi connectivity index (χ2v) is 11.8. The molecule has 1 aliphatic heterocycles. The zero-order valence-corrected chi connectivity index (χ0v) is 22.5. The van der Waals surface area contributed by atoms with Gasteiger partial charge in [0, 0.05) is 50.4 Å². The maximum absolute atomic E-state index is 13.3. The summed E-state index contributed by atoms with van der Waals surface area (Å²) in [7, 11) is -1.89. The highest BCUT2D eigenvalue weighted by molar-refractivity contribution is 7.89. The third-order valence-corrected chi connectivity index (χ3v) is 9.20. The van der Waals surface area contributed by atoms with Crippen LogP contribution in [0.1, 0.15) is 12.6 Å². The van der Waals surface area contributed by atoms with E-state index in [0.29, 0.717) is 19.5 Å². The number of pyridine rings is 1. The number of aromatic nitrogens is 3. The lowest BCUT2D eigenvalue weighted by molar-refractivity contribution is -0.134. The Morgan fingerprint density at radius 3 is 2.47 bits per heavy atom. The molecule has 1 N–H and O–H groups in total. The summed E-state index contributed by atoms with van der Waals surface area (Å²) >= 11 is 1.49.